The number of ether oxygens (including phenoxy) is 1. The number of nitrogens with two attached hydrogens (primary N) is 1. The van der Waals surface area contributed by atoms with Gasteiger partial charge in [0.15, 0.2) is 5.78 Å². The molecule has 9 heteroatoms. The van der Waals surface area contributed by atoms with Gasteiger partial charge >= 0.3 is 6.09 Å². The molecule has 0 unspecified atom stereocenters. The molecule has 180 valence electrons. The van der Waals surface area contributed by atoms with Crippen molar-refractivity contribution >= 4 is 50.8 Å². The summed E-state index contributed by atoms with van der Waals surface area (Å²) in [7, 11) is 0. The summed E-state index contributed by atoms with van der Waals surface area (Å²) in [4.78, 5) is 36.3. The lowest BCUT2D eigenvalue weighted by molar-refractivity contribution is -0.111. The molecule has 3 aromatic rings. The molecule has 1 atom stereocenters. The fourth-order valence-electron chi connectivity index (χ4n) is 3.17. The van der Waals surface area contributed by atoms with Gasteiger partial charge in [0.1, 0.15) is 11.9 Å². The van der Waals surface area contributed by atoms with E-state index in [0.29, 0.717) is 32.7 Å². The van der Waals surface area contributed by atoms with Crippen LogP contribution in [0.1, 0.15) is 35.4 Å². The number of nitrogen functional groups attached to an aromatic ring is 1. The lowest BCUT2D eigenvalue weighted by atomic mass is 10.0. The van der Waals surface area contributed by atoms with Crippen molar-refractivity contribution in [3.05, 3.63) is 94.5 Å². The maximum absolute atomic E-state index is 12.6. The van der Waals surface area contributed by atoms with Crippen molar-refractivity contribution in [1.82, 2.24) is 0 Å². The summed E-state index contributed by atoms with van der Waals surface area (Å²) in [5.74, 6) is -0.558. The molecule has 0 aromatic heterocycles. The average molecular weight is 538 g/mol. The normalized spacial score (nSPS) is 11.6. The molecule has 0 aliphatic carbocycles. The summed E-state index contributed by atoms with van der Waals surface area (Å²) in [6, 6.07) is 18.0. The van der Waals surface area contributed by atoms with E-state index < -0.39 is 18.1 Å². The summed E-state index contributed by atoms with van der Waals surface area (Å²) in [6.07, 6.45) is 1.29. The van der Waals surface area contributed by atoms with Crippen LogP contribution in [0.15, 0.2) is 83.4 Å². The Balaban J connectivity index is 1.71. The minimum absolute atomic E-state index is 0.0632. The number of amides is 2. The van der Waals surface area contributed by atoms with Crippen LogP contribution in [0.2, 0.25) is 0 Å². The average Bonchev–Trinajstić information content (AvgIpc) is 2.82. The number of phenols is 1. The largest absolute Gasteiger partial charge is 0.508 e. The molecule has 0 saturated carbocycles. The van der Waals surface area contributed by atoms with Crippen molar-refractivity contribution < 1.29 is 24.2 Å². The fraction of sp³-hybridized carbons (Fsp3) is 0.115. The fourth-order valence-corrected chi connectivity index (χ4v) is 3.55. The SMILES string of the molecule is CC(=O)c1ccc(NC(=O)O[C@H](C/C=C/C(=O)Nc2ccccc2N)c2cc(Br)ccc2O)cc1. The van der Waals surface area contributed by atoms with E-state index >= 15 is 0 Å². The maximum atomic E-state index is 12.6. The van der Waals surface area contributed by atoms with E-state index in [2.05, 4.69) is 26.6 Å². The van der Waals surface area contributed by atoms with E-state index in [0.717, 1.165) is 0 Å². The third-order valence-electron chi connectivity index (χ3n) is 4.96. The van der Waals surface area contributed by atoms with Crippen molar-refractivity contribution in [3.63, 3.8) is 0 Å². The highest BCUT2D eigenvalue weighted by atomic mass is 79.9. The van der Waals surface area contributed by atoms with Gasteiger partial charge in [-0.25, -0.2) is 4.79 Å². The minimum Gasteiger partial charge on any atom is -0.508 e. The topological polar surface area (TPSA) is 131 Å². The first kappa shape index (κ1) is 25.5. The zero-order valence-electron chi connectivity index (χ0n) is 18.8. The molecule has 0 saturated heterocycles. The van der Waals surface area contributed by atoms with Gasteiger partial charge in [-0.1, -0.05) is 34.1 Å². The molecule has 3 aromatic carbocycles. The van der Waals surface area contributed by atoms with E-state index in [9.17, 15) is 19.5 Å². The first-order valence-electron chi connectivity index (χ1n) is 10.6. The summed E-state index contributed by atoms with van der Waals surface area (Å²) in [5.41, 5.74) is 8.07. The van der Waals surface area contributed by atoms with Crippen molar-refractivity contribution in [2.75, 3.05) is 16.4 Å². The zero-order valence-corrected chi connectivity index (χ0v) is 20.4. The molecule has 3 rings (SSSR count). The Morgan fingerprint density at radius 1 is 1.06 bits per heavy atom. The maximum Gasteiger partial charge on any atom is 0.412 e. The van der Waals surface area contributed by atoms with E-state index in [4.69, 9.17) is 10.5 Å². The van der Waals surface area contributed by atoms with E-state index in [1.165, 1.54) is 25.1 Å². The molecular formula is C26H24BrN3O5. The van der Waals surface area contributed by atoms with Crippen LogP contribution in [-0.4, -0.2) is 22.9 Å². The lowest BCUT2D eigenvalue weighted by Crippen LogP contribution is -2.18. The van der Waals surface area contributed by atoms with Gasteiger partial charge in [-0.05, 0) is 67.6 Å². The monoisotopic (exact) mass is 537 g/mol. The van der Waals surface area contributed by atoms with Crippen LogP contribution in [0.25, 0.3) is 0 Å². The van der Waals surface area contributed by atoms with Crippen molar-refractivity contribution in [3.8, 4) is 5.75 Å². The highest BCUT2D eigenvalue weighted by Crippen LogP contribution is 2.32. The highest BCUT2D eigenvalue weighted by molar-refractivity contribution is 9.10. The van der Waals surface area contributed by atoms with Gasteiger partial charge in [-0.3, -0.25) is 14.9 Å². The molecule has 0 heterocycles. The van der Waals surface area contributed by atoms with Gasteiger partial charge in [0, 0.05) is 27.7 Å². The van der Waals surface area contributed by atoms with Gasteiger partial charge in [0.2, 0.25) is 5.91 Å². The number of para-hydroxylation sites is 2. The number of ketones is 1. The van der Waals surface area contributed by atoms with Crippen LogP contribution >= 0.6 is 15.9 Å². The molecule has 0 aliphatic rings. The Hall–Kier alpha value is -4.11. The number of halogens is 1. The van der Waals surface area contributed by atoms with Crippen molar-refractivity contribution in [2.45, 2.75) is 19.4 Å². The van der Waals surface area contributed by atoms with Gasteiger partial charge in [0.25, 0.3) is 0 Å². The van der Waals surface area contributed by atoms with Crippen LogP contribution in [-0.2, 0) is 9.53 Å². The molecule has 0 radical (unpaired) electrons. The second-order valence-electron chi connectivity index (χ2n) is 7.57. The smallest absolute Gasteiger partial charge is 0.412 e. The highest BCUT2D eigenvalue weighted by Gasteiger charge is 2.20. The summed E-state index contributed by atoms with van der Waals surface area (Å²) >= 11 is 3.35. The first-order chi connectivity index (χ1) is 16.7. The number of anilines is 3. The Morgan fingerprint density at radius 3 is 2.46 bits per heavy atom. The Kier molecular flexibility index (Phi) is 8.63. The standard InChI is InChI=1S/C26H24BrN3O5/c1-16(31)17-9-12-19(13-10-17)29-26(34)35-24(20-15-18(27)11-14-23(20)32)7-4-8-25(33)30-22-6-3-2-5-21(22)28/h2-6,8-15,24,32H,7,28H2,1H3,(H,29,34)(H,30,33)/b8-4+/t24-/m1/s1. The molecular weight excluding hydrogens is 514 g/mol. The van der Waals surface area contributed by atoms with Crippen LogP contribution in [0, 0.1) is 0 Å². The number of hydrogen-bond acceptors (Lipinski definition) is 6. The molecule has 0 bridgehead atoms. The van der Waals surface area contributed by atoms with Crippen molar-refractivity contribution in [1.29, 1.82) is 0 Å². The Morgan fingerprint density at radius 2 is 1.77 bits per heavy atom. The summed E-state index contributed by atoms with van der Waals surface area (Å²) < 4.78 is 6.25. The minimum atomic E-state index is -0.894. The second-order valence-corrected chi connectivity index (χ2v) is 8.49. The second kappa shape index (κ2) is 11.8. The third-order valence-corrected chi connectivity index (χ3v) is 5.45. The quantitative estimate of drug-likeness (QED) is 0.163. The third kappa shape index (κ3) is 7.44. The molecule has 5 N–H and O–H groups in total. The van der Waals surface area contributed by atoms with Gasteiger partial charge < -0.3 is 20.9 Å². The number of carbonyl (C=O) groups excluding carboxylic acids is 3. The first-order valence-corrected chi connectivity index (χ1v) is 11.4. The van der Waals surface area contributed by atoms with E-state index in [1.54, 1.807) is 60.7 Å². The summed E-state index contributed by atoms with van der Waals surface area (Å²) in [6.45, 7) is 1.45. The van der Waals surface area contributed by atoms with Gasteiger partial charge in [0.05, 0.1) is 11.4 Å². The number of benzene rings is 3. The molecule has 2 amide bonds. The van der Waals surface area contributed by atoms with E-state index in [-0.39, 0.29) is 18.0 Å². The van der Waals surface area contributed by atoms with Gasteiger partial charge in [-0.2, -0.15) is 0 Å². The number of Topliss-reactive ketones (excluding diaryl/α,β-unsaturated/α-hetero) is 1. The number of carbonyl (C=O) groups is 3. The van der Waals surface area contributed by atoms with E-state index in [1.807, 2.05) is 0 Å². The number of phenolic OH excluding ortho intramolecular Hbond substituents is 1. The van der Waals surface area contributed by atoms with Crippen LogP contribution < -0.4 is 16.4 Å². The van der Waals surface area contributed by atoms with Crippen LogP contribution in [0.4, 0.5) is 21.9 Å². The number of nitrogens with one attached hydrogen (secondary N) is 2. The number of rotatable bonds is 8. The Bertz CT molecular complexity index is 1260. The predicted molar refractivity (Wildman–Crippen MR) is 138 cm³/mol. The molecule has 0 spiro atoms. The number of hydrogen-bond donors (Lipinski definition) is 4. The van der Waals surface area contributed by atoms with Gasteiger partial charge in [-0.15, -0.1) is 0 Å². The van der Waals surface area contributed by atoms with Crippen LogP contribution in [0.3, 0.4) is 0 Å². The molecule has 35 heavy (non-hydrogen) atoms. The van der Waals surface area contributed by atoms with Crippen molar-refractivity contribution in [2.24, 2.45) is 0 Å². The zero-order chi connectivity index (χ0) is 25.4. The van der Waals surface area contributed by atoms with Crippen LogP contribution in [0.5, 0.6) is 5.75 Å². The molecule has 0 aliphatic heterocycles. The predicted octanol–water partition coefficient (Wildman–Crippen LogP) is 5.81. The lowest BCUT2D eigenvalue weighted by Gasteiger charge is -2.19. The number of aromatic hydroxyl groups is 1. The Labute approximate surface area is 210 Å². The molecule has 8 nitrogen and oxygen atoms in total. The summed E-state index contributed by atoms with van der Waals surface area (Å²) in [5, 5.41) is 15.6. The molecule has 0 fully saturated rings.